The van der Waals surface area contributed by atoms with Gasteiger partial charge >= 0.3 is 0 Å². The van der Waals surface area contributed by atoms with Crippen molar-refractivity contribution in [3.63, 3.8) is 0 Å². The minimum absolute atomic E-state index is 0.229. The van der Waals surface area contributed by atoms with Gasteiger partial charge in [0.2, 0.25) is 0 Å². The maximum Gasteiger partial charge on any atom is 0.277 e. The fraction of sp³-hybridized carbons (Fsp3) is 0. The number of anilines is 1. The van der Waals surface area contributed by atoms with E-state index < -0.39 is 0 Å². The fourth-order valence-electron chi connectivity index (χ4n) is 2.20. The summed E-state index contributed by atoms with van der Waals surface area (Å²) in [7, 11) is 0. The molecule has 0 atom stereocenters. The molecular formula is C16H8Cl2N4OS2. The van der Waals surface area contributed by atoms with Crippen LogP contribution in [0.5, 0.6) is 0 Å². The van der Waals surface area contributed by atoms with Crippen molar-refractivity contribution in [2.75, 3.05) is 5.32 Å². The molecule has 0 fully saturated rings. The summed E-state index contributed by atoms with van der Waals surface area (Å²) in [5.41, 5.74) is 3.04. The van der Waals surface area contributed by atoms with Crippen molar-refractivity contribution in [1.29, 1.82) is 0 Å². The van der Waals surface area contributed by atoms with E-state index in [0.717, 1.165) is 11.1 Å². The Morgan fingerprint density at radius 3 is 2.68 bits per heavy atom. The van der Waals surface area contributed by atoms with E-state index in [9.17, 15) is 4.79 Å². The molecule has 0 aliphatic heterocycles. The van der Waals surface area contributed by atoms with Crippen LogP contribution in [-0.4, -0.2) is 20.9 Å². The first-order chi connectivity index (χ1) is 12.1. The number of aromatic nitrogens is 3. The van der Waals surface area contributed by atoms with E-state index in [4.69, 9.17) is 23.2 Å². The Morgan fingerprint density at radius 2 is 1.92 bits per heavy atom. The average Bonchev–Trinajstić information content (AvgIpc) is 3.20. The Labute approximate surface area is 160 Å². The Hall–Kier alpha value is -2.06. The summed E-state index contributed by atoms with van der Waals surface area (Å²) in [6, 6.07) is 9.12. The van der Waals surface area contributed by atoms with Gasteiger partial charge in [0.15, 0.2) is 5.13 Å². The van der Waals surface area contributed by atoms with Gasteiger partial charge in [-0.3, -0.25) is 15.1 Å². The van der Waals surface area contributed by atoms with Gasteiger partial charge in [-0.05, 0) is 18.2 Å². The third-order valence-electron chi connectivity index (χ3n) is 3.34. The number of thiophene rings is 1. The monoisotopic (exact) mass is 406 g/mol. The summed E-state index contributed by atoms with van der Waals surface area (Å²) in [5, 5.41) is 5.00. The molecule has 0 bridgehead atoms. The van der Waals surface area contributed by atoms with Gasteiger partial charge in [0, 0.05) is 10.9 Å². The molecule has 0 spiro atoms. The second-order valence-electron chi connectivity index (χ2n) is 4.97. The number of benzene rings is 1. The molecule has 0 saturated carbocycles. The zero-order valence-corrected chi connectivity index (χ0v) is 15.5. The van der Waals surface area contributed by atoms with E-state index in [-0.39, 0.29) is 11.6 Å². The summed E-state index contributed by atoms with van der Waals surface area (Å²) in [5.74, 6) is -0.367. The summed E-state index contributed by atoms with van der Waals surface area (Å²) in [6.07, 6.45) is 1.45. The second kappa shape index (κ2) is 6.68. The maximum atomic E-state index is 12.4. The number of fused-ring (bicyclic) bond motifs is 1. The molecule has 3 aromatic heterocycles. The highest BCUT2D eigenvalue weighted by atomic mass is 35.5. The van der Waals surface area contributed by atoms with Crippen molar-refractivity contribution in [1.82, 2.24) is 15.0 Å². The minimum Gasteiger partial charge on any atom is -0.296 e. The molecular weight excluding hydrogens is 399 g/mol. The first-order valence-electron chi connectivity index (χ1n) is 7.04. The molecule has 9 heteroatoms. The van der Waals surface area contributed by atoms with Crippen LogP contribution in [0.25, 0.3) is 22.3 Å². The highest BCUT2D eigenvalue weighted by Crippen LogP contribution is 2.39. The van der Waals surface area contributed by atoms with E-state index in [1.807, 2.05) is 29.6 Å². The van der Waals surface area contributed by atoms with Crippen molar-refractivity contribution >= 4 is 67.9 Å². The number of nitrogens with zero attached hydrogens (tertiary/aromatic N) is 3. The van der Waals surface area contributed by atoms with Gasteiger partial charge in [0.1, 0.15) is 10.0 Å². The van der Waals surface area contributed by atoms with Crippen LogP contribution in [0, 0.1) is 0 Å². The zero-order chi connectivity index (χ0) is 17.4. The number of halogens is 2. The lowest BCUT2D eigenvalue weighted by Crippen LogP contribution is -2.14. The number of para-hydroxylation sites is 2. The topological polar surface area (TPSA) is 67.8 Å². The van der Waals surface area contributed by atoms with E-state index >= 15 is 0 Å². The lowest BCUT2D eigenvalue weighted by atomic mass is 10.3. The SMILES string of the molecule is O=C(Nc1nc(-c2cc(Cl)sc2Cl)cs1)c1cnc2ccccc2n1. The molecule has 0 radical (unpaired) electrons. The first-order valence-corrected chi connectivity index (χ1v) is 9.49. The fourth-order valence-corrected chi connectivity index (χ4v) is 4.38. The smallest absolute Gasteiger partial charge is 0.277 e. The number of thiazole rings is 1. The van der Waals surface area contributed by atoms with Crippen LogP contribution < -0.4 is 5.32 Å². The van der Waals surface area contributed by atoms with Gasteiger partial charge in [0.25, 0.3) is 5.91 Å². The number of nitrogens with one attached hydrogen (secondary N) is 1. The predicted octanol–water partition coefficient (Wildman–Crippen LogP) is 5.37. The molecule has 0 aliphatic rings. The van der Waals surface area contributed by atoms with Crippen LogP contribution in [0.2, 0.25) is 8.67 Å². The van der Waals surface area contributed by atoms with E-state index in [1.165, 1.54) is 28.9 Å². The lowest BCUT2D eigenvalue weighted by Gasteiger charge is -2.02. The van der Waals surface area contributed by atoms with Gasteiger partial charge in [-0.25, -0.2) is 9.97 Å². The van der Waals surface area contributed by atoms with Crippen LogP contribution in [0.1, 0.15) is 10.5 Å². The molecule has 25 heavy (non-hydrogen) atoms. The number of carbonyl (C=O) groups is 1. The van der Waals surface area contributed by atoms with Crippen molar-refractivity contribution < 1.29 is 4.79 Å². The Balaban J connectivity index is 1.57. The Bertz CT molecular complexity index is 1090. The number of carbonyl (C=O) groups excluding carboxylic acids is 1. The molecule has 4 aromatic rings. The molecule has 5 nitrogen and oxygen atoms in total. The summed E-state index contributed by atoms with van der Waals surface area (Å²) in [6.45, 7) is 0. The number of hydrogen-bond donors (Lipinski definition) is 1. The van der Waals surface area contributed by atoms with Gasteiger partial charge in [-0.1, -0.05) is 35.3 Å². The van der Waals surface area contributed by atoms with Crippen molar-refractivity contribution in [3.05, 3.63) is 56.3 Å². The van der Waals surface area contributed by atoms with Gasteiger partial charge in [-0.15, -0.1) is 22.7 Å². The normalized spacial score (nSPS) is 11.0. The third kappa shape index (κ3) is 3.36. The van der Waals surface area contributed by atoms with Crippen LogP contribution >= 0.6 is 45.9 Å². The van der Waals surface area contributed by atoms with Crippen molar-refractivity contribution in [2.24, 2.45) is 0 Å². The van der Waals surface area contributed by atoms with Crippen molar-refractivity contribution in [2.45, 2.75) is 0 Å². The quantitative estimate of drug-likeness (QED) is 0.496. The van der Waals surface area contributed by atoms with Crippen LogP contribution in [-0.2, 0) is 0 Å². The van der Waals surface area contributed by atoms with Crippen LogP contribution in [0.15, 0.2) is 41.9 Å². The molecule has 1 aromatic carbocycles. The maximum absolute atomic E-state index is 12.4. The molecule has 0 saturated heterocycles. The Morgan fingerprint density at radius 1 is 1.12 bits per heavy atom. The lowest BCUT2D eigenvalue weighted by molar-refractivity contribution is 0.102. The minimum atomic E-state index is -0.367. The molecule has 3 heterocycles. The standard InChI is InChI=1S/C16H8Cl2N4OS2/c17-13-5-8(14(18)25-13)12-7-24-16(21-12)22-15(23)11-6-19-9-3-1-2-4-10(9)20-11/h1-7H,(H,21,22,23). The van der Waals surface area contributed by atoms with E-state index in [0.29, 0.717) is 25.0 Å². The molecule has 0 aliphatic carbocycles. The number of rotatable bonds is 3. The average molecular weight is 407 g/mol. The van der Waals surface area contributed by atoms with Crippen LogP contribution in [0.4, 0.5) is 5.13 Å². The second-order valence-corrected chi connectivity index (χ2v) is 8.12. The number of hydrogen-bond acceptors (Lipinski definition) is 6. The Kier molecular flexibility index (Phi) is 4.39. The molecule has 0 unspecified atom stereocenters. The molecule has 4 rings (SSSR count). The zero-order valence-electron chi connectivity index (χ0n) is 12.4. The van der Waals surface area contributed by atoms with E-state index in [2.05, 4.69) is 20.3 Å². The largest absolute Gasteiger partial charge is 0.296 e. The summed E-state index contributed by atoms with van der Waals surface area (Å²) in [4.78, 5) is 25.3. The summed E-state index contributed by atoms with van der Waals surface area (Å²) < 4.78 is 1.15. The van der Waals surface area contributed by atoms with Gasteiger partial charge in [0.05, 0.1) is 27.3 Å². The predicted molar refractivity (Wildman–Crippen MR) is 103 cm³/mol. The molecule has 1 N–H and O–H groups in total. The van der Waals surface area contributed by atoms with Gasteiger partial charge in [-0.2, -0.15) is 0 Å². The third-order valence-corrected chi connectivity index (χ3v) is 5.58. The van der Waals surface area contributed by atoms with Crippen molar-refractivity contribution in [3.8, 4) is 11.3 Å². The molecule has 1 amide bonds. The van der Waals surface area contributed by atoms with E-state index in [1.54, 1.807) is 6.07 Å². The molecule has 124 valence electrons. The van der Waals surface area contributed by atoms with Gasteiger partial charge < -0.3 is 0 Å². The first kappa shape index (κ1) is 16.4. The summed E-state index contributed by atoms with van der Waals surface area (Å²) >= 11 is 14.7. The van der Waals surface area contributed by atoms with Crippen LogP contribution in [0.3, 0.4) is 0 Å². The highest BCUT2D eigenvalue weighted by Gasteiger charge is 2.15. The number of amides is 1. The highest BCUT2D eigenvalue weighted by molar-refractivity contribution is 7.20.